The molecule has 0 amide bonds. The minimum Gasteiger partial charge on any atom is -0.340 e. The first-order valence-electron chi connectivity index (χ1n) is 10.2. The van der Waals surface area contributed by atoms with Crippen LogP contribution in [0, 0.1) is 6.92 Å². The summed E-state index contributed by atoms with van der Waals surface area (Å²) < 4.78 is 2.50. The van der Waals surface area contributed by atoms with Crippen molar-refractivity contribution in [3.05, 3.63) is 71.4 Å². The Balaban J connectivity index is 1.51. The number of fused-ring (bicyclic) bond motifs is 1. The van der Waals surface area contributed by atoms with E-state index < -0.39 is 0 Å². The molecule has 0 unspecified atom stereocenters. The van der Waals surface area contributed by atoms with Gasteiger partial charge in [-0.05, 0) is 50.6 Å². The van der Waals surface area contributed by atoms with E-state index in [9.17, 15) is 0 Å². The summed E-state index contributed by atoms with van der Waals surface area (Å²) in [7, 11) is 2.22. The number of likely N-dealkylation sites (N-methyl/N-ethyl adjacent to an activating group) is 1. The molecule has 2 heterocycles. The van der Waals surface area contributed by atoms with Gasteiger partial charge in [-0.1, -0.05) is 48.5 Å². The maximum absolute atomic E-state index is 2.62. The van der Waals surface area contributed by atoms with E-state index in [0.29, 0.717) is 0 Å². The Labute approximate surface area is 163 Å². The molecule has 3 heteroatoms. The summed E-state index contributed by atoms with van der Waals surface area (Å²) >= 11 is 0. The van der Waals surface area contributed by atoms with Gasteiger partial charge in [0, 0.05) is 49.3 Å². The van der Waals surface area contributed by atoms with Crippen molar-refractivity contribution in [3.8, 4) is 0 Å². The van der Waals surface area contributed by atoms with Crippen LogP contribution in [0.15, 0.2) is 54.6 Å². The van der Waals surface area contributed by atoms with Crippen LogP contribution in [0.25, 0.3) is 10.9 Å². The van der Waals surface area contributed by atoms with E-state index in [0.717, 1.165) is 6.54 Å². The second-order valence-electron chi connectivity index (χ2n) is 7.90. The average molecular weight is 362 g/mol. The van der Waals surface area contributed by atoms with E-state index in [1.54, 1.807) is 0 Å². The summed E-state index contributed by atoms with van der Waals surface area (Å²) in [5, 5.41) is 1.43. The molecule has 142 valence electrons. The van der Waals surface area contributed by atoms with Crippen LogP contribution in [0.3, 0.4) is 0 Å². The molecule has 3 aromatic rings. The molecule has 0 radical (unpaired) electrons. The van der Waals surface area contributed by atoms with E-state index >= 15 is 0 Å². The van der Waals surface area contributed by atoms with Crippen molar-refractivity contribution < 1.29 is 0 Å². The fraction of sp³-hybridized carbons (Fsp3) is 0.417. The molecule has 1 saturated heterocycles. The van der Waals surface area contributed by atoms with Crippen molar-refractivity contribution in [2.75, 3.05) is 39.8 Å². The second kappa shape index (κ2) is 8.28. The summed E-state index contributed by atoms with van der Waals surface area (Å²) in [6.45, 7) is 9.30. The fourth-order valence-electron chi connectivity index (χ4n) is 4.34. The quantitative estimate of drug-likeness (QED) is 0.653. The zero-order valence-corrected chi connectivity index (χ0v) is 16.7. The average Bonchev–Trinajstić information content (AvgIpc) is 2.96. The molecule has 1 aromatic heterocycles. The van der Waals surface area contributed by atoms with Gasteiger partial charge in [0.15, 0.2) is 0 Å². The smallest absolute Gasteiger partial charge is 0.0488 e. The Morgan fingerprint density at radius 2 is 1.56 bits per heavy atom. The van der Waals surface area contributed by atoms with Crippen molar-refractivity contribution in [2.45, 2.75) is 26.3 Å². The molecule has 4 rings (SSSR count). The van der Waals surface area contributed by atoms with Crippen LogP contribution >= 0.6 is 0 Å². The first-order valence-corrected chi connectivity index (χ1v) is 10.2. The Kier molecular flexibility index (Phi) is 5.61. The minimum atomic E-state index is 0.950. The van der Waals surface area contributed by atoms with Crippen molar-refractivity contribution in [1.29, 1.82) is 0 Å². The standard InChI is InChI=1S/C24H31N3/c1-20-22(12-8-14-26-17-15-25(2)16-18-26)23-11-6-7-13-24(23)27(20)19-21-9-4-3-5-10-21/h3-7,9-11,13H,8,12,14-19H2,1-2H3. The molecule has 0 atom stereocenters. The minimum absolute atomic E-state index is 0.950. The number of benzene rings is 2. The fourth-order valence-corrected chi connectivity index (χ4v) is 4.34. The summed E-state index contributed by atoms with van der Waals surface area (Å²) in [5.74, 6) is 0. The molecule has 2 aromatic carbocycles. The molecule has 3 nitrogen and oxygen atoms in total. The van der Waals surface area contributed by atoms with Crippen LogP contribution in [0.5, 0.6) is 0 Å². The Morgan fingerprint density at radius 1 is 0.852 bits per heavy atom. The highest BCUT2D eigenvalue weighted by Gasteiger charge is 2.16. The molecule has 1 aliphatic rings. The van der Waals surface area contributed by atoms with E-state index in [1.165, 1.54) is 73.3 Å². The van der Waals surface area contributed by atoms with Crippen LogP contribution in [0.1, 0.15) is 23.2 Å². The Hall–Kier alpha value is -2.10. The number of hydrogen-bond acceptors (Lipinski definition) is 2. The van der Waals surface area contributed by atoms with Crippen molar-refractivity contribution in [1.82, 2.24) is 14.4 Å². The number of aryl methyl sites for hydroxylation is 1. The zero-order valence-electron chi connectivity index (χ0n) is 16.7. The molecule has 1 aliphatic heterocycles. The molecule has 27 heavy (non-hydrogen) atoms. The van der Waals surface area contributed by atoms with Crippen LogP contribution in [0.2, 0.25) is 0 Å². The van der Waals surface area contributed by atoms with Gasteiger partial charge in [-0.15, -0.1) is 0 Å². The van der Waals surface area contributed by atoms with E-state index in [2.05, 4.69) is 82.9 Å². The number of para-hydroxylation sites is 1. The van der Waals surface area contributed by atoms with Gasteiger partial charge >= 0.3 is 0 Å². The van der Waals surface area contributed by atoms with Gasteiger partial charge in [-0.2, -0.15) is 0 Å². The lowest BCUT2D eigenvalue weighted by Gasteiger charge is -2.32. The summed E-state index contributed by atoms with van der Waals surface area (Å²) in [5.41, 5.74) is 5.70. The van der Waals surface area contributed by atoms with Crippen molar-refractivity contribution in [3.63, 3.8) is 0 Å². The first-order chi connectivity index (χ1) is 13.2. The van der Waals surface area contributed by atoms with Gasteiger partial charge < -0.3 is 14.4 Å². The highest BCUT2D eigenvalue weighted by molar-refractivity contribution is 5.85. The van der Waals surface area contributed by atoms with Crippen LogP contribution in [0.4, 0.5) is 0 Å². The topological polar surface area (TPSA) is 11.4 Å². The lowest BCUT2D eigenvalue weighted by molar-refractivity contribution is 0.153. The number of aromatic nitrogens is 1. The molecular formula is C24H31N3. The van der Waals surface area contributed by atoms with Gasteiger partial charge in [0.2, 0.25) is 0 Å². The number of piperazine rings is 1. The molecule has 0 spiro atoms. The molecule has 1 fully saturated rings. The third kappa shape index (κ3) is 4.10. The van der Waals surface area contributed by atoms with Gasteiger partial charge in [0.1, 0.15) is 0 Å². The Morgan fingerprint density at radius 3 is 2.33 bits per heavy atom. The third-order valence-corrected chi connectivity index (χ3v) is 6.04. The van der Waals surface area contributed by atoms with Gasteiger partial charge in [0.25, 0.3) is 0 Å². The van der Waals surface area contributed by atoms with E-state index in [1.807, 2.05) is 0 Å². The normalized spacial score (nSPS) is 16.2. The summed E-state index contributed by atoms with van der Waals surface area (Å²) in [6, 6.07) is 19.7. The highest BCUT2D eigenvalue weighted by Crippen LogP contribution is 2.28. The summed E-state index contributed by atoms with van der Waals surface area (Å²) in [6.07, 6.45) is 2.41. The van der Waals surface area contributed by atoms with Crippen LogP contribution in [-0.4, -0.2) is 54.1 Å². The maximum atomic E-state index is 2.62. The van der Waals surface area contributed by atoms with E-state index in [4.69, 9.17) is 0 Å². The second-order valence-corrected chi connectivity index (χ2v) is 7.90. The number of rotatable bonds is 6. The molecule has 0 aliphatic carbocycles. The lowest BCUT2D eigenvalue weighted by atomic mass is 10.1. The van der Waals surface area contributed by atoms with Crippen molar-refractivity contribution >= 4 is 10.9 Å². The third-order valence-electron chi connectivity index (χ3n) is 6.04. The molecule has 0 bridgehead atoms. The lowest BCUT2D eigenvalue weighted by Crippen LogP contribution is -2.44. The van der Waals surface area contributed by atoms with Crippen LogP contribution < -0.4 is 0 Å². The SMILES string of the molecule is Cc1c(CCCN2CCN(C)CC2)c2ccccc2n1Cc1ccccc1. The van der Waals surface area contributed by atoms with Gasteiger partial charge in [-0.25, -0.2) is 0 Å². The maximum Gasteiger partial charge on any atom is 0.0488 e. The number of hydrogen-bond donors (Lipinski definition) is 0. The zero-order chi connectivity index (χ0) is 18.6. The number of nitrogens with zero attached hydrogens (tertiary/aromatic N) is 3. The first kappa shape index (κ1) is 18.3. The van der Waals surface area contributed by atoms with Gasteiger partial charge in [-0.3, -0.25) is 0 Å². The molecule has 0 saturated carbocycles. The molecular weight excluding hydrogens is 330 g/mol. The van der Waals surface area contributed by atoms with E-state index in [-0.39, 0.29) is 0 Å². The highest BCUT2D eigenvalue weighted by atomic mass is 15.2. The summed E-state index contributed by atoms with van der Waals surface area (Å²) in [4.78, 5) is 5.05. The molecule has 0 N–H and O–H groups in total. The predicted octanol–water partition coefficient (Wildman–Crippen LogP) is 4.18. The van der Waals surface area contributed by atoms with Crippen LogP contribution in [-0.2, 0) is 13.0 Å². The van der Waals surface area contributed by atoms with Crippen molar-refractivity contribution in [2.24, 2.45) is 0 Å². The monoisotopic (exact) mass is 361 g/mol. The Bertz CT molecular complexity index is 873. The largest absolute Gasteiger partial charge is 0.340 e. The van der Waals surface area contributed by atoms with Gasteiger partial charge in [0.05, 0.1) is 0 Å². The predicted molar refractivity (Wildman–Crippen MR) is 114 cm³/mol.